The monoisotopic (exact) mass is 563 g/mol. The Balaban J connectivity index is 1.50. The van der Waals surface area contributed by atoms with Crippen LogP contribution >= 0.6 is 11.6 Å². The lowest BCUT2D eigenvalue weighted by Crippen LogP contribution is -2.27. The van der Waals surface area contributed by atoms with Crippen molar-refractivity contribution in [3.05, 3.63) is 92.4 Å². The molecule has 7 nitrogen and oxygen atoms in total. The van der Waals surface area contributed by atoms with Crippen LogP contribution in [0.2, 0.25) is 5.15 Å². The third kappa shape index (κ3) is 7.81. The van der Waals surface area contributed by atoms with Gasteiger partial charge in [0.05, 0.1) is 12.5 Å². The second kappa shape index (κ2) is 12.8. The fraction of sp³-hybridized carbons (Fsp3) is 0.438. The highest BCUT2D eigenvalue weighted by Gasteiger charge is 2.32. The van der Waals surface area contributed by atoms with E-state index in [9.17, 15) is 14.4 Å². The Hall–Kier alpha value is -3.45. The lowest BCUT2D eigenvalue weighted by atomic mass is 9.83. The minimum atomic E-state index is -0.515. The van der Waals surface area contributed by atoms with Crippen molar-refractivity contribution in [2.75, 3.05) is 5.32 Å². The molecule has 212 valence electrons. The Morgan fingerprint density at radius 2 is 1.77 bits per heavy atom. The summed E-state index contributed by atoms with van der Waals surface area (Å²) in [6.07, 6.45) is 5.09. The van der Waals surface area contributed by atoms with Crippen molar-refractivity contribution in [1.29, 1.82) is 0 Å². The number of hydrogen-bond acceptors (Lipinski definition) is 5. The first-order valence-corrected chi connectivity index (χ1v) is 14.3. The van der Waals surface area contributed by atoms with Crippen LogP contribution < -0.4 is 10.9 Å². The van der Waals surface area contributed by atoms with E-state index in [-0.39, 0.29) is 40.8 Å². The Labute approximate surface area is 240 Å². The van der Waals surface area contributed by atoms with E-state index in [1.165, 1.54) is 16.8 Å². The molecule has 1 aromatic heterocycles. The summed E-state index contributed by atoms with van der Waals surface area (Å²) in [5.41, 5.74) is 3.85. The van der Waals surface area contributed by atoms with E-state index in [4.69, 9.17) is 16.3 Å². The second-order valence-electron chi connectivity index (χ2n) is 11.6. The van der Waals surface area contributed by atoms with Crippen LogP contribution in [0.1, 0.15) is 81.0 Å². The van der Waals surface area contributed by atoms with Crippen molar-refractivity contribution in [2.45, 2.75) is 84.3 Å². The van der Waals surface area contributed by atoms with E-state index in [2.05, 4.69) is 10.4 Å². The lowest BCUT2D eigenvalue weighted by molar-refractivity contribution is -0.154. The zero-order valence-electron chi connectivity index (χ0n) is 23.7. The van der Waals surface area contributed by atoms with Crippen molar-refractivity contribution in [2.24, 2.45) is 5.92 Å². The molecule has 1 saturated carbocycles. The summed E-state index contributed by atoms with van der Waals surface area (Å²) in [4.78, 5) is 38.2. The minimum absolute atomic E-state index is 0.0280. The summed E-state index contributed by atoms with van der Waals surface area (Å²) in [6.45, 7) is 7.86. The van der Waals surface area contributed by atoms with Gasteiger partial charge < -0.3 is 10.1 Å². The molecule has 0 saturated heterocycles. The highest BCUT2D eigenvalue weighted by atomic mass is 35.5. The van der Waals surface area contributed by atoms with Gasteiger partial charge in [-0.2, -0.15) is 5.10 Å². The average Bonchev–Trinajstić information content (AvgIpc) is 3.41. The van der Waals surface area contributed by atoms with E-state index in [1.54, 1.807) is 0 Å². The molecule has 0 aliphatic heterocycles. The third-order valence-corrected chi connectivity index (χ3v) is 7.58. The van der Waals surface area contributed by atoms with Gasteiger partial charge in [0.2, 0.25) is 5.91 Å². The summed E-state index contributed by atoms with van der Waals surface area (Å²) in [5.74, 6) is -0.283. The fourth-order valence-electron chi connectivity index (χ4n) is 5.40. The standard InChI is InChI=1S/C32H38ClN3O4/c1-21-23(16-19-29(38)40-32(2,3)4)10-7-11-26(21)34-31(39)30(24-8-5-6-9-24)25-14-12-22(13-15-25)20-36-28(37)18-17-27(33)35-36/h7,10-15,17-18,24,30H,5-6,8-9,16,19-20H2,1-4H3,(H,34,39). The van der Waals surface area contributed by atoms with Crippen LogP contribution in [0.4, 0.5) is 5.69 Å². The van der Waals surface area contributed by atoms with Gasteiger partial charge in [0.25, 0.3) is 5.56 Å². The number of carbonyl (C=O) groups excluding carboxylic acids is 2. The Bertz CT molecular complexity index is 1400. The van der Waals surface area contributed by atoms with Crippen molar-refractivity contribution in [3.8, 4) is 0 Å². The van der Waals surface area contributed by atoms with E-state index in [1.807, 2.05) is 70.2 Å². The van der Waals surface area contributed by atoms with Crippen LogP contribution in [-0.4, -0.2) is 27.3 Å². The first-order chi connectivity index (χ1) is 19.0. The maximum absolute atomic E-state index is 13.8. The van der Waals surface area contributed by atoms with Crippen LogP contribution in [0.3, 0.4) is 0 Å². The van der Waals surface area contributed by atoms with Gasteiger partial charge in [-0.15, -0.1) is 0 Å². The molecule has 1 heterocycles. The van der Waals surface area contributed by atoms with Gasteiger partial charge >= 0.3 is 5.97 Å². The molecule has 0 spiro atoms. The summed E-state index contributed by atoms with van der Waals surface area (Å²) >= 11 is 5.96. The molecule has 1 amide bonds. The molecule has 2 aromatic carbocycles. The Kier molecular flexibility index (Phi) is 9.46. The average molecular weight is 564 g/mol. The number of aromatic nitrogens is 2. The number of esters is 1. The molecule has 1 N–H and O–H groups in total. The molecular formula is C32H38ClN3O4. The maximum Gasteiger partial charge on any atom is 0.306 e. The summed E-state index contributed by atoms with van der Waals surface area (Å²) in [5, 5.41) is 7.55. The van der Waals surface area contributed by atoms with Gasteiger partial charge in [0, 0.05) is 18.2 Å². The molecule has 40 heavy (non-hydrogen) atoms. The topological polar surface area (TPSA) is 90.3 Å². The molecule has 0 radical (unpaired) electrons. The number of anilines is 1. The first kappa shape index (κ1) is 29.5. The largest absolute Gasteiger partial charge is 0.460 e. The highest BCUT2D eigenvalue weighted by Crippen LogP contribution is 2.38. The van der Waals surface area contributed by atoms with Crippen LogP contribution in [0.15, 0.2) is 59.4 Å². The van der Waals surface area contributed by atoms with E-state index < -0.39 is 5.60 Å². The summed E-state index contributed by atoms with van der Waals surface area (Å²) in [6, 6.07) is 16.6. The van der Waals surface area contributed by atoms with Crippen LogP contribution in [-0.2, 0) is 27.3 Å². The molecule has 1 fully saturated rings. The SMILES string of the molecule is Cc1c(CCC(=O)OC(C)(C)C)cccc1NC(=O)C(c1ccc(Cn2nc(Cl)ccc2=O)cc1)C1CCCC1. The lowest BCUT2D eigenvalue weighted by Gasteiger charge is -2.24. The van der Waals surface area contributed by atoms with Crippen molar-refractivity contribution in [3.63, 3.8) is 0 Å². The number of halogens is 1. The van der Waals surface area contributed by atoms with E-state index in [0.717, 1.165) is 53.6 Å². The second-order valence-corrected chi connectivity index (χ2v) is 12.0. The maximum atomic E-state index is 13.8. The highest BCUT2D eigenvalue weighted by molar-refractivity contribution is 6.29. The Morgan fingerprint density at radius 1 is 1.07 bits per heavy atom. The van der Waals surface area contributed by atoms with Gasteiger partial charge in [0.1, 0.15) is 10.8 Å². The number of nitrogens with zero attached hydrogens (tertiary/aromatic N) is 2. The van der Waals surface area contributed by atoms with Gasteiger partial charge in [-0.1, -0.05) is 60.8 Å². The molecule has 3 aromatic rings. The van der Waals surface area contributed by atoms with Crippen molar-refractivity contribution < 1.29 is 14.3 Å². The molecule has 1 aliphatic rings. The number of hydrogen-bond donors (Lipinski definition) is 1. The summed E-state index contributed by atoms with van der Waals surface area (Å²) in [7, 11) is 0. The molecule has 0 bridgehead atoms. The zero-order valence-corrected chi connectivity index (χ0v) is 24.5. The number of nitrogens with one attached hydrogen (secondary N) is 1. The van der Waals surface area contributed by atoms with Gasteiger partial charge in [0.15, 0.2) is 0 Å². The molecule has 1 aliphatic carbocycles. The van der Waals surface area contributed by atoms with Crippen molar-refractivity contribution in [1.82, 2.24) is 9.78 Å². The van der Waals surface area contributed by atoms with E-state index >= 15 is 0 Å². The molecule has 1 atom stereocenters. The predicted octanol–water partition coefficient (Wildman–Crippen LogP) is 6.44. The zero-order chi connectivity index (χ0) is 28.9. The van der Waals surface area contributed by atoms with Crippen molar-refractivity contribution >= 4 is 29.2 Å². The number of benzene rings is 2. The van der Waals surface area contributed by atoms with Gasteiger partial charge in [-0.25, -0.2) is 4.68 Å². The molecule has 1 unspecified atom stereocenters. The summed E-state index contributed by atoms with van der Waals surface area (Å²) < 4.78 is 6.78. The number of amides is 1. The molecular weight excluding hydrogens is 526 g/mol. The molecule has 4 rings (SSSR count). The number of ether oxygens (including phenoxy) is 1. The minimum Gasteiger partial charge on any atom is -0.460 e. The number of rotatable bonds is 9. The van der Waals surface area contributed by atoms with Crippen LogP contribution in [0.25, 0.3) is 0 Å². The molecule has 8 heteroatoms. The normalized spacial score (nSPS) is 14.6. The van der Waals surface area contributed by atoms with Crippen LogP contribution in [0, 0.1) is 12.8 Å². The fourth-order valence-corrected chi connectivity index (χ4v) is 5.55. The smallest absolute Gasteiger partial charge is 0.306 e. The number of carbonyl (C=O) groups is 2. The predicted molar refractivity (Wildman–Crippen MR) is 158 cm³/mol. The van der Waals surface area contributed by atoms with E-state index in [0.29, 0.717) is 13.0 Å². The third-order valence-electron chi connectivity index (χ3n) is 7.38. The van der Waals surface area contributed by atoms with Crippen LogP contribution in [0.5, 0.6) is 0 Å². The van der Waals surface area contributed by atoms with Gasteiger partial charge in [-0.3, -0.25) is 14.4 Å². The number of aryl methyl sites for hydroxylation is 1. The Morgan fingerprint density at radius 3 is 2.45 bits per heavy atom. The quantitative estimate of drug-likeness (QED) is 0.303. The first-order valence-electron chi connectivity index (χ1n) is 13.9. The van der Waals surface area contributed by atoms with Gasteiger partial charge in [-0.05, 0) is 87.3 Å².